The van der Waals surface area contributed by atoms with E-state index in [0.29, 0.717) is 16.5 Å². The Hall–Kier alpha value is -4.95. The molecule has 0 bridgehead atoms. The summed E-state index contributed by atoms with van der Waals surface area (Å²) < 4.78 is 25.3. The lowest BCUT2D eigenvalue weighted by molar-refractivity contribution is 0.0729. The van der Waals surface area contributed by atoms with Gasteiger partial charge in [0.15, 0.2) is 11.5 Å². The molecule has 7 nitrogen and oxygen atoms in total. The van der Waals surface area contributed by atoms with Gasteiger partial charge in [-0.25, -0.2) is 14.6 Å². The van der Waals surface area contributed by atoms with E-state index in [1.54, 1.807) is 54.6 Å². The van der Waals surface area contributed by atoms with Gasteiger partial charge in [-0.05, 0) is 47.5 Å². The van der Waals surface area contributed by atoms with Gasteiger partial charge in [-0.2, -0.15) is 5.10 Å². The third-order valence-electron chi connectivity index (χ3n) is 5.94. The number of nitrogens with one attached hydrogen (secondary N) is 2. The number of aromatic amines is 1. The maximum absolute atomic E-state index is 14.5. The second-order valence-electron chi connectivity index (χ2n) is 8.38. The Kier molecular flexibility index (Phi) is 7.38. The van der Waals surface area contributed by atoms with Gasteiger partial charge in [-0.1, -0.05) is 66.2 Å². The summed E-state index contributed by atoms with van der Waals surface area (Å²) in [4.78, 5) is 28.5. The summed E-state index contributed by atoms with van der Waals surface area (Å²) in [6.45, 7) is 0. The lowest BCUT2D eigenvalue weighted by Gasteiger charge is -2.10. The van der Waals surface area contributed by atoms with Crippen LogP contribution in [0.2, 0.25) is 5.02 Å². The standard InChI is InChI=1S/C30H21ClFN3O4/c1-38-25-16-18(14-15-24(25)39-30(37)20-10-5-6-12-22(20)31)17-33-35-29(36)28-26(19-8-3-2-4-9-19)21-11-7-13-23(32)27(21)34-28/h2-17,34H,1H3,(H,35,36). The van der Waals surface area contributed by atoms with Crippen LogP contribution in [0.25, 0.3) is 22.0 Å². The van der Waals surface area contributed by atoms with Crippen molar-refractivity contribution in [2.24, 2.45) is 5.10 Å². The van der Waals surface area contributed by atoms with E-state index in [9.17, 15) is 14.0 Å². The van der Waals surface area contributed by atoms with Gasteiger partial charge in [0.1, 0.15) is 11.5 Å². The van der Waals surface area contributed by atoms with Crippen LogP contribution in [0.5, 0.6) is 11.5 Å². The Balaban J connectivity index is 1.36. The zero-order chi connectivity index (χ0) is 27.4. The summed E-state index contributed by atoms with van der Waals surface area (Å²) in [6.07, 6.45) is 1.41. The molecule has 0 aliphatic carbocycles. The molecule has 0 unspecified atom stereocenters. The number of ether oxygens (including phenoxy) is 2. The van der Waals surface area contributed by atoms with Gasteiger partial charge in [0.25, 0.3) is 5.91 Å². The number of aromatic nitrogens is 1. The molecule has 5 rings (SSSR count). The summed E-state index contributed by atoms with van der Waals surface area (Å²) in [5, 5.41) is 4.91. The predicted molar refractivity (Wildman–Crippen MR) is 148 cm³/mol. The number of hydrogen-bond donors (Lipinski definition) is 2. The number of H-pyrrole nitrogens is 1. The van der Waals surface area contributed by atoms with Gasteiger partial charge in [0.2, 0.25) is 0 Å². The third kappa shape index (κ3) is 5.37. The van der Waals surface area contributed by atoms with Crippen LogP contribution in [0, 0.1) is 5.82 Å². The quantitative estimate of drug-likeness (QED) is 0.105. The van der Waals surface area contributed by atoms with E-state index in [1.165, 1.54) is 19.4 Å². The van der Waals surface area contributed by atoms with Crippen LogP contribution in [-0.2, 0) is 0 Å². The van der Waals surface area contributed by atoms with Crippen LogP contribution in [0.3, 0.4) is 0 Å². The van der Waals surface area contributed by atoms with E-state index in [-0.39, 0.29) is 33.3 Å². The van der Waals surface area contributed by atoms with Crippen LogP contribution >= 0.6 is 11.6 Å². The number of rotatable bonds is 7. The van der Waals surface area contributed by atoms with Crippen LogP contribution in [0.15, 0.2) is 96.1 Å². The van der Waals surface area contributed by atoms with Crippen molar-refractivity contribution in [3.8, 4) is 22.6 Å². The molecule has 39 heavy (non-hydrogen) atoms. The molecule has 0 saturated carbocycles. The normalized spacial score (nSPS) is 11.1. The topological polar surface area (TPSA) is 92.8 Å². The first-order valence-electron chi connectivity index (χ1n) is 11.8. The number of benzene rings is 4. The first-order valence-corrected chi connectivity index (χ1v) is 12.2. The smallest absolute Gasteiger partial charge is 0.345 e. The van der Waals surface area contributed by atoms with Crippen molar-refractivity contribution in [3.63, 3.8) is 0 Å². The average molecular weight is 542 g/mol. The summed E-state index contributed by atoms with van der Waals surface area (Å²) >= 11 is 6.08. The third-order valence-corrected chi connectivity index (χ3v) is 6.27. The van der Waals surface area contributed by atoms with E-state index in [2.05, 4.69) is 15.5 Å². The van der Waals surface area contributed by atoms with Crippen molar-refractivity contribution in [3.05, 3.63) is 119 Å². The Morgan fingerprint density at radius 3 is 2.49 bits per heavy atom. The molecule has 1 heterocycles. The number of carbonyl (C=O) groups excluding carboxylic acids is 2. The van der Waals surface area contributed by atoms with Crippen molar-refractivity contribution in [2.45, 2.75) is 0 Å². The van der Waals surface area contributed by atoms with Crippen LogP contribution < -0.4 is 14.9 Å². The van der Waals surface area contributed by atoms with Crippen molar-refractivity contribution < 1.29 is 23.5 Å². The highest BCUT2D eigenvalue weighted by Gasteiger charge is 2.21. The maximum atomic E-state index is 14.5. The number of nitrogens with zero attached hydrogens (tertiary/aromatic N) is 1. The molecule has 0 aliphatic rings. The molecule has 0 aliphatic heterocycles. The first-order chi connectivity index (χ1) is 19.0. The fraction of sp³-hybridized carbons (Fsp3) is 0.0333. The molecule has 0 fully saturated rings. The van der Waals surface area contributed by atoms with Gasteiger partial charge in [-0.3, -0.25) is 4.79 Å². The predicted octanol–water partition coefficient (Wildman–Crippen LogP) is 6.62. The molecule has 1 amide bonds. The maximum Gasteiger partial charge on any atom is 0.345 e. The number of amides is 1. The van der Waals surface area contributed by atoms with E-state index in [1.807, 2.05) is 30.3 Å². The number of hydrogen-bond acceptors (Lipinski definition) is 5. The molecule has 4 aromatic carbocycles. The number of methoxy groups -OCH3 is 1. The summed E-state index contributed by atoms with van der Waals surface area (Å²) in [6, 6.07) is 25.3. The molecule has 2 N–H and O–H groups in total. The average Bonchev–Trinajstić information content (AvgIpc) is 3.35. The summed E-state index contributed by atoms with van der Waals surface area (Å²) in [5.41, 5.74) is 5.02. The van der Waals surface area contributed by atoms with Gasteiger partial charge < -0.3 is 14.5 Å². The number of halogens is 2. The Morgan fingerprint density at radius 1 is 0.949 bits per heavy atom. The van der Waals surface area contributed by atoms with Crippen LogP contribution in [-0.4, -0.2) is 30.2 Å². The van der Waals surface area contributed by atoms with Gasteiger partial charge >= 0.3 is 5.97 Å². The Morgan fingerprint density at radius 2 is 1.72 bits per heavy atom. The second-order valence-corrected chi connectivity index (χ2v) is 8.79. The lowest BCUT2D eigenvalue weighted by Crippen LogP contribution is -2.19. The fourth-order valence-corrected chi connectivity index (χ4v) is 4.32. The number of para-hydroxylation sites is 1. The van der Waals surface area contributed by atoms with E-state index in [4.69, 9.17) is 21.1 Å². The number of hydrazone groups is 1. The number of esters is 1. The second kappa shape index (κ2) is 11.2. The van der Waals surface area contributed by atoms with Crippen molar-refractivity contribution in [2.75, 3.05) is 7.11 Å². The summed E-state index contributed by atoms with van der Waals surface area (Å²) in [5.74, 6) is -1.16. The van der Waals surface area contributed by atoms with Crippen molar-refractivity contribution >= 4 is 40.6 Å². The molecule has 0 saturated heterocycles. The molecule has 1 aromatic heterocycles. The SMILES string of the molecule is COc1cc(C=NNC(=O)c2[nH]c3c(F)cccc3c2-c2ccccc2)ccc1OC(=O)c1ccccc1Cl. The molecule has 5 aromatic rings. The Bertz CT molecular complexity index is 1720. The van der Waals surface area contributed by atoms with Crippen molar-refractivity contribution in [1.82, 2.24) is 10.4 Å². The molecule has 9 heteroatoms. The van der Waals surface area contributed by atoms with E-state index >= 15 is 0 Å². The molecule has 194 valence electrons. The monoisotopic (exact) mass is 541 g/mol. The fourth-order valence-electron chi connectivity index (χ4n) is 4.11. The minimum absolute atomic E-state index is 0.179. The number of fused-ring (bicyclic) bond motifs is 1. The molecule has 0 spiro atoms. The highest BCUT2D eigenvalue weighted by Crippen LogP contribution is 2.34. The van der Waals surface area contributed by atoms with Crippen LogP contribution in [0.1, 0.15) is 26.4 Å². The minimum Gasteiger partial charge on any atom is -0.493 e. The zero-order valence-electron chi connectivity index (χ0n) is 20.6. The Labute approximate surface area is 227 Å². The van der Waals surface area contributed by atoms with E-state index in [0.717, 1.165) is 5.56 Å². The highest BCUT2D eigenvalue weighted by molar-refractivity contribution is 6.33. The lowest BCUT2D eigenvalue weighted by atomic mass is 10.0. The molecule has 0 radical (unpaired) electrons. The molecular formula is C30H21ClFN3O4. The van der Waals surface area contributed by atoms with Gasteiger partial charge in [-0.15, -0.1) is 0 Å². The summed E-state index contributed by atoms with van der Waals surface area (Å²) in [7, 11) is 1.44. The van der Waals surface area contributed by atoms with Gasteiger partial charge in [0, 0.05) is 10.9 Å². The zero-order valence-corrected chi connectivity index (χ0v) is 21.3. The molecule has 0 atom stereocenters. The van der Waals surface area contributed by atoms with E-state index < -0.39 is 17.7 Å². The number of carbonyl (C=O) groups is 2. The van der Waals surface area contributed by atoms with Gasteiger partial charge in [0.05, 0.1) is 29.4 Å². The largest absolute Gasteiger partial charge is 0.493 e. The van der Waals surface area contributed by atoms with Crippen LogP contribution in [0.4, 0.5) is 4.39 Å². The highest BCUT2D eigenvalue weighted by atomic mass is 35.5. The first kappa shape index (κ1) is 25.7. The molecular weight excluding hydrogens is 521 g/mol. The minimum atomic E-state index is -0.628. The van der Waals surface area contributed by atoms with Crippen molar-refractivity contribution in [1.29, 1.82) is 0 Å².